The molecule has 1 saturated heterocycles. The van der Waals surface area contributed by atoms with E-state index in [1.165, 1.54) is 25.7 Å². The number of hydrogen-bond donors (Lipinski definition) is 1. The highest BCUT2D eigenvalue weighted by Gasteiger charge is 2.37. The van der Waals surface area contributed by atoms with Gasteiger partial charge in [0.1, 0.15) is 0 Å². The monoisotopic (exact) mass is 331 g/mol. The van der Waals surface area contributed by atoms with Gasteiger partial charge >= 0.3 is 6.03 Å². The molecule has 132 valence electrons. The maximum absolute atomic E-state index is 12.4. The van der Waals surface area contributed by atoms with Crippen molar-refractivity contribution in [3.05, 3.63) is 34.2 Å². The van der Waals surface area contributed by atoms with Crippen LogP contribution in [-0.4, -0.2) is 34.6 Å². The molecule has 2 unspecified atom stereocenters. The molecule has 1 aliphatic carbocycles. The Morgan fingerprint density at radius 2 is 2.04 bits per heavy atom. The Bertz CT molecular complexity index is 625. The van der Waals surface area contributed by atoms with Crippen LogP contribution in [0.5, 0.6) is 0 Å². The van der Waals surface area contributed by atoms with Gasteiger partial charge < -0.3 is 14.8 Å². The lowest BCUT2D eigenvalue weighted by Gasteiger charge is -2.37. The summed E-state index contributed by atoms with van der Waals surface area (Å²) >= 11 is 0. The first kappa shape index (κ1) is 17.1. The maximum Gasteiger partial charge on any atom is 0.317 e. The average molecular weight is 331 g/mol. The number of urea groups is 1. The summed E-state index contributed by atoms with van der Waals surface area (Å²) in [6.45, 7) is 4.27. The number of hydrogen-bond acceptors (Lipinski definition) is 2. The van der Waals surface area contributed by atoms with Crippen LogP contribution in [0.15, 0.2) is 23.0 Å². The predicted octanol–water partition coefficient (Wildman–Crippen LogP) is 2.91. The van der Waals surface area contributed by atoms with E-state index in [4.69, 9.17) is 0 Å². The average Bonchev–Trinajstić information content (AvgIpc) is 3.05. The van der Waals surface area contributed by atoms with E-state index in [0.717, 1.165) is 44.0 Å². The second kappa shape index (κ2) is 7.86. The highest BCUT2D eigenvalue weighted by Crippen LogP contribution is 2.36. The predicted molar refractivity (Wildman–Crippen MR) is 95.1 cm³/mol. The van der Waals surface area contributed by atoms with Crippen molar-refractivity contribution in [2.45, 2.75) is 64.5 Å². The molecule has 2 aliphatic rings. The zero-order valence-corrected chi connectivity index (χ0v) is 14.7. The summed E-state index contributed by atoms with van der Waals surface area (Å²) in [6, 6.07) is 5.94. The number of nitrogens with one attached hydrogen (secondary N) is 1. The fraction of sp³-hybridized carbons (Fsp3) is 0.684. The third kappa shape index (κ3) is 3.82. The normalized spacial score (nSPS) is 23.1. The highest BCUT2D eigenvalue weighted by molar-refractivity contribution is 5.74. The number of likely N-dealkylation sites (tertiary alicyclic amines) is 1. The molecule has 2 fully saturated rings. The van der Waals surface area contributed by atoms with E-state index in [9.17, 15) is 9.59 Å². The molecule has 5 heteroatoms. The largest absolute Gasteiger partial charge is 0.338 e. The van der Waals surface area contributed by atoms with Crippen LogP contribution in [0, 0.1) is 12.8 Å². The summed E-state index contributed by atoms with van der Waals surface area (Å²) in [5.41, 5.74) is 1.05. The lowest BCUT2D eigenvalue weighted by atomic mass is 9.92. The molecule has 1 aliphatic heterocycles. The Labute approximate surface area is 144 Å². The van der Waals surface area contributed by atoms with Gasteiger partial charge in [-0.2, -0.15) is 0 Å². The minimum Gasteiger partial charge on any atom is -0.338 e. The standard InChI is InChI=1S/C19H29N3O2/c1-15-7-4-11-18(23)21(15)13-3-2-12-20-19(24)22-14-6-9-16-8-5-10-17(16)22/h4,7,11,16-17H,2-3,5-6,8-10,12-14H2,1H3,(H,20,24). The Morgan fingerprint density at radius 3 is 2.88 bits per heavy atom. The van der Waals surface area contributed by atoms with Crippen LogP contribution in [0.3, 0.4) is 0 Å². The quantitative estimate of drug-likeness (QED) is 0.844. The minimum absolute atomic E-state index is 0.0552. The number of amides is 2. The molecule has 0 radical (unpaired) electrons. The summed E-state index contributed by atoms with van der Waals surface area (Å²) in [5.74, 6) is 0.734. The number of pyridine rings is 1. The summed E-state index contributed by atoms with van der Waals surface area (Å²) < 4.78 is 1.80. The fourth-order valence-electron chi connectivity index (χ4n) is 4.31. The van der Waals surface area contributed by atoms with Gasteiger partial charge in [0.25, 0.3) is 5.56 Å². The first-order valence-corrected chi connectivity index (χ1v) is 9.38. The van der Waals surface area contributed by atoms with Gasteiger partial charge in [-0.05, 0) is 57.4 Å². The summed E-state index contributed by atoms with van der Waals surface area (Å²) in [5, 5.41) is 3.08. The SMILES string of the molecule is Cc1cccc(=O)n1CCCCNC(=O)N1CCCC2CCCC21. The van der Waals surface area contributed by atoms with E-state index >= 15 is 0 Å². The molecule has 0 bridgehead atoms. The van der Waals surface area contributed by atoms with Gasteiger partial charge in [0, 0.05) is 37.4 Å². The van der Waals surface area contributed by atoms with E-state index in [1.54, 1.807) is 16.7 Å². The van der Waals surface area contributed by atoms with E-state index < -0.39 is 0 Å². The van der Waals surface area contributed by atoms with Gasteiger partial charge in [-0.3, -0.25) is 4.79 Å². The Balaban J connectivity index is 1.40. The number of fused-ring (bicyclic) bond motifs is 1. The number of carbonyl (C=O) groups is 1. The lowest BCUT2D eigenvalue weighted by Crippen LogP contribution is -2.50. The van der Waals surface area contributed by atoms with Crippen molar-refractivity contribution in [3.63, 3.8) is 0 Å². The van der Waals surface area contributed by atoms with Gasteiger partial charge in [-0.15, -0.1) is 0 Å². The van der Waals surface area contributed by atoms with Crippen molar-refractivity contribution in [2.24, 2.45) is 5.92 Å². The topological polar surface area (TPSA) is 54.3 Å². The van der Waals surface area contributed by atoms with E-state index in [2.05, 4.69) is 10.2 Å². The van der Waals surface area contributed by atoms with Crippen LogP contribution in [0.25, 0.3) is 0 Å². The zero-order chi connectivity index (χ0) is 16.9. The van der Waals surface area contributed by atoms with Gasteiger partial charge in [0.05, 0.1) is 0 Å². The van der Waals surface area contributed by atoms with E-state index in [0.29, 0.717) is 12.6 Å². The molecule has 2 heterocycles. The summed E-state index contributed by atoms with van der Waals surface area (Å²) in [7, 11) is 0. The first-order valence-electron chi connectivity index (χ1n) is 9.38. The summed E-state index contributed by atoms with van der Waals surface area (Å²) in [4.78, 5) is 26.3. The van der Waals surface area contributed by atoms with Crippen LogP contribution in [0.4, 0.5) is 4.79 Å². The minimum atomic E-state index is 0.0552. The van der Waals surface area contributed by atoms with Crippen molar-refractivity contribution in [3.8, 4) is 0 Å². The molecule has 3 rings (SSSR count). The Morgan fingerprint density at radius 1 is 1.21 bits per heavy atom. The molecule has 0 spiro atoms. The van der Waals surface area contributed by atoms with Gasteiger partial charge in [-0.25, -0.2) is 4.79 Å². The molecule has 2 atom stereocenters. The number of aryl methyl sites for hydroxylation is 1. The number of unbranched alkanes of at least 4 members (excludes halogenated alkanes) is 1. The smallest absolute Gasteiger partial charge is 0.317 e. The molecule has 1 aromatic heterocycles. The Kier molecular flexibility index (Phi) is 5.59. The molecule has 24 heavy (non-hydrogen) atoms. The van der Waals surface area contributed by atoms with Crippen LogP contribution in [0.2, 0.25) is 0 Å². The van der Waals surface area contributed by atoms with Crippen LogP contribution >= 0.6 is 0 Å². The molecule has 0 aromatic carbocycles. The van der Waals surface area contributed by atoms with Crippen LogP contribution < -0.4 is 10.9 Å². The van der Waals surface area contributed by atoms with Crippen molar-refractivity contribution in [1.29, 1.82) is 0 Å². The third-order valence-electron chi connectivity index (χ3n) is 5.61. The number of carbonyl (C=O) groups excluding carboxylic acids is 1. The molecule has 5 nitrogen and oxygen atoms in total. The Hall–Kier alpha value is -1.78. The number of rotatable bonds is 5. The molecule has 2 amide bonds. The number of nitrogens with zero attached hydrogens (tertiary/aromatic N) is 2. The second-order valence-corrected chi connectivity index (χ2v) is 7.19. The molecule has 1 N–H and O–H groups in total. The number of piperidine rings is 1. The molecule has 1 saturated carbocycles. The van der Waals surface area contributed by atoms with Gasteiger partial charge in [0.15, 0.2) is 0 Å². The second-order valence-electron chi connectivity index (χ2n) is 7.19. The summed E-state index contributed by atoms with van der Waals surface area (Å²) in [6.07, 6.45) is 7.97. The maximum atomic E-state index is 12.4. The van der Waals surface area contributed by atoms with Crippen molar-refractivity contribution >= 4 is 6.03 Å². The molecular weight excluding hydrogens is 302 g/mol. The fourth-order valence-corrected chi connectivity index (χ4v) is 4.31. The van der Waals surface area contributed by atoms with Crippen LogP contribution in [0.1, 0.15) is 50.6 Å². The number of aromatic nitrogens is 1. The van der Waals surface area contributed by atoms with Crippen molar-refractivity contribution in [1.82, 2.24) is 14.8 Å². The van der Waals surface area contributed by atoms with E-state index in [-0.39, 0.29) is 11.6 Å². The van der Waals surface area contributed by atoms with E-state index in [1.807, 2.05) is 13.0 Å². The zero-order valence-electron chi connectivity index (χ0n) is 14.7. The molecule has 1 aromatic rings. The van der Waals surface area contributed by atoms with Gasteiger partial charge in [0.2, 0.25) is 0 Å². The molecular formula is C19H29N3O2. The lowest BCUT2D eigenvalue weighted by molar-refractivity contribution is 0.128. The highest BCUT2D eigenvalue weighted by atomic mass is 16.2. The van der Waals surface area contributed by atoms with Crippen LogP contribution in [-0.2, 0) is 6.54 Å². The van der Waals surface area contributed by atoms with Crippen molar-refractivity contribution < 1.29 is 4.79 Å². The first-order chi connectivity index (χ1) is 11.7. The third-order valence-corrected chi connectivity index (χ3v) is 5.61. The van der Waals surface area contributed by atoms with Gasteiger partial charge in [-0.1, -0.05) is 12.5 Å². The van der Waals surface area contributed by atoms with Crippen molar-refractivity contribution in [2.75, 3.05) is 13.1 Å².